The molecule has 0 aliphatic carbocycles. The molecule has 5 nitrogen and oxygen atoms in total. The van der Waals surface area contributed by atoms with Crippen molar-refractivity contribution in [3.05, 3.63) is 35.6 Å². The fourth-order valence-electron chi connectivity index (χ4n) is 3.77. The third-order valence-electron chi connectivity index (χ3n) is 5.16. The van der Waals surface area contributed by atoms with Crippen LogP contribution in [0.15, 0.2) is 24.3 Å². The van der Waals surface area contributed by atoms with E-state index in [-0.39, 0.29) is 18.5 Å². The number of halogens is 4. The van der Waals surface area contributed by atoms with Gasteiger partial charge in [-0.3, -0.25) is 9.59 Å². The molecule has 2 amide bonds. The van der Waals surface area contributed by atoms with Gasteiger partial charge in [0.25, 0.3) is 0 Å². The Balaban J connectivity index is 1.78. The number of nitrogens with one attached hydrogen (secondary N) is 2. The van der Waals surface area contributed by atoms with Crippen LogP contribution in [-0.2, 0) is 9.59 Å². The summed E-state index contributed by atoms with van der Waals surface area (Å²) in [6, 6.07) is 4.25. The van der Waals surface area contributed by atoms with Crippen LogP contribution >= 0.6 is 0 Å². The Morgan fingerprint density at radius 3 is 2.44 bits per heavy atom. The van der Waals surface area contributed by atoms with Crippen LogP contribution in [0.1, 0.15) is 30.7 Å². The third kappa shape index (κ3) is 4.58. The molecule has 0 radical (unpaired) electrons. The lowest BCUT2D eigenvalue weighted by Crippen LogP contribution is -2.57. The second kappa shape index (κ2) is 7.84. The maximum absolute atomic E-state index is 13.2. The van der Waals surface area contributed by atoms with Crippen molar-refractivity contribution >= 4 is 11.8 Å². The van der Waals surface area contributed by atoms with Crippen LogP contribution in [0.4, 0.5) is 17.6 Å². The standard InChI is InChI=1S/C18H21F4N3O2/c19-12-5-3-11(4-6-12)13-7-9-25(16(26)14-2-1-8-23-14)10-15(13)24-17(27)18(20,21)22/h3-6,13-15,23H,1-2,7-10H2,(H,24,27). The van der Waals surface area contributed by atoms with Crippen molar-refractivity contribution in [2.75, 3.05) is 19.6 Å². The van der Waals surface area contributed by atoms with E-state index < -0.39 is 29.9 Å². The second-order valence-corrected chi connectivity index (χ2v) is 6.96. The van der Waals surface area contributed by atoms with E-state index in [1.54, 1.807) is 0 Å². The molecule has 148 valence electrons. The quantitative estimate of drug-likeness (QED) is 0.780. The number of carbonyl (C=O) groups is 2. The first kappa shape index (κ1) is 19.6. The monoisotopic (exact) mass is 387 g/mol. The number of rotatable bonds is 3. The number of hydrogen-bond donors (Lipinski definition) is 2. The van der Waals surface area contributed by atoms with Gasteiger partial charge in [0.05, 0.1) is 12.1 Å². The highest BCUT2D eigenvalue weighted by atomic mass is 19.4. The van der Waals surface area contributed by atoms with Gasteiger partial charge in [0.2, 0.25) is 5.91 Å². The van der Waals surface area contributed by atoms with E-state index in [1.165, 1.54) is 29.2 Å². The molecule has 0 aromatic heterocycles. The van der Waals surface area contributed by atoms with Crippen LogP contribution in [0.25, 0.3) is 0 Å². The molecule has 1 aromatic carbocycles. The van der Waals surface area contributed by atoms with Gasteiger partial charge in [0.15, 0.2) is 0 Å². The lowest BCUT2D eigenvalue weighted by molar-refractivity contribution is -0.175. The van der Waals surface area contributed by atoms with Crippen LogP contribution in [0.2, 0.25) is 0 Å². The number of benzene rings is 1. The summed E-state index contributed by atoms with van der Waals surface area (Å²) < 4.78 is 51.4. The van der Waals surface area contributed by atoms with Gasteiger partial charge >= 0.3 is 12.1 Å². The molecule has 2 saturated heterocycles. The highest BCUT2D eigenvalue weighted by Crippen LogP contribution is 2.30. The Morgan fingerprint density at radius 1 is 1.15 bits per heavy atom. The summed E-state index contributed by atoms with van der Waals surface area (Å²) in [5.74, 6) is -3.07. The number of amides is 2. The molecule has 27 heavy (non-hydrogen) atoms. The van der Waals surface area contributed by atoms with E-state index in [0.717, 1.165) is 13.0 Å². The average molecular weight is 387 g/mol. The van der Waals surface area contributed by atoms with Crippen LogP contribution in [0.3, 0.4) is 0 Å². The van der Waals surface area contributed by atoms with E-state index in [2.05, 4.69) is 5.32 Å². The van der Waals surface area contributed by atoms with Crippen LogP contribution < -0.4 is 10.6 Å². The van der Waals surface area contributed by atoms with Crippen molar-refractivity contribution in [3.8, 4) is 0 Å². The van der Waals surface area contributed by atoms with E-state index in [0.29, 0.717) is 24.9 Å². The largest absolute Gasteiger partial charge is 0.471 e. The summed E-state index contributed by atoms with van der Waals surface area (Å²) in [6.07, 6.45) is -3.06. The molecule has 1 aromatic rings. The minimum atomic E-state index is -5.01. The van der Waals surface area contributed by atoms with Gasteiger partial charge in [-0.2, -0.15) is 13.2 Å². The van der Waals surface area contributed by atoms with Gasteiger partial charge in [-0.25, -0.2) is 4.39 Å². The topological polar surface area (TPSA) is 61.4 Å². The molecule has 3 atom stereocenters. The van der Waals surface area contributed by atoms with Gasteiger partial charge < -0.3 is 15.5 Å². The zero-order valence-corrected chi connectivity index (χ0v) is 14.6. The predicted molar refractivity (Wildman–Crippen MR) is 89.3 cm³/mol. The molecule has 2 heterocycles. The maximum Gasteiger partial charge on any atom is 0.471 e. The smallest absolute Gasteiger partial charge is 0.343 e. The Morgan fingerprint density at radius 2 is 1.85 bits per heavy atom. The fraction of sp³-hybridized carbons (Fsp3) is 0.556. The molecule has 2 aliphatic heterocycles. The van der Waals surface area contributed by atoms with Crippen molar-refractivity contribution in [1.29, 1.82) is 0 Å². The third-order valence-corrected chi connectivity index (χ3v) is 5.16. The van der Waals surface area contributed by atoms with Crippen molar-refractivity contribution in [3.63, 3.8) is 0 Å². The molecule has 2 fully saturated rings. The summed E-state index contributed by atoms with van der Waals surface area (Å²) in [6.45, 7) is 1.09. The molecule has 3 rings (SSSR count). The highest BCUT2D eigenvalue weighted by Gasteiger charge is 2.43. The van der Waals surface area contributed by atoms with Gasteiger partial charge in [-0.1, -0.05) is 12.1 Å². The summed E-state index contributed by atoms with van der Waals surface area (Å²) in [4.78, 5) is 25.6. The average Bonchev–Trinajstić information content (AvgIpc) is 3.16. The van der Waals surface area contributed by atoms with Crippen LogP contribution in [0.5, 0.6) is 0 Å². The summed E-state index contributed by atoms with van der Waals surface area (Å²) in [5.41, 5.74) is 0.634. The Bertz CT molecular complexity index is 687. The lowest BCUT2D eigenvalue weighted by atomic mass is 9.85. The number of alkyl halides is 3. The Hall–Kier alpha value is -2.16. The molecular weight excluding hydrogens is 366 g/mol. The Labute approximate surface area is 154 Å². The zero-order chi connectivity index (χ0) is 19.6. The van der Waals surface area contributed by atoms with E-state index >= 15 is 0 Å². The predicted octanol–water partition coefficient (Wildman–Crippen LogP) is 1.94. The van der Waals surface area contributed by atoms with Gasteiger partial charge in [0, 0.05) is 19.0 Å². The summed E-state index contributed by atoms with van der Waals surface area (Å²) in [5, 5.41) is 5.11. The lowest BCUT2D eigenvalue weighted by Gasteiger charge is -2.40. The van der Waals surface area contributed by atoms with E-state index in [9.17, 15) is 27.2 Å². The Kier molecular flexibility index (Phi) is 5.69. The molecule has 0 spiro atoms. The van der Waals surface area contributed by atoms with E-state index in [4.69, 9.17) is 0 Å². The minimum absolute atomic E-state index is 0.0130. The number of nitrogens with zero attached hydrogens (tertiary/aromatic N) is 1. The van der Waals surface area contributed by atoms with Crippen LogP contribution in [-0.4, -0.2) is 54.6 Å². The second-order valence-electron chi connectivity index (χ2n) is 6.96. The first-order valence-corrected chi connectivity index (χ1v) is 8.91. The maximum atomic E-state index is 13.2. The molecule has 2 aliphatic rings. The van der Waals surface area contributed by atoms with Crippen molar-refractivity contribution in [1.82, 2.24) is 15.5 Å². The molecule has 9 heteroatoms. The molecule has 0 saturated carbocycles. The van der Waals surface area contributed by atoms with Crippen molar-refractivity contribution in [2.24, 2.45) is 0 Å². The molecule has 3 unspecified atom stereocenters. The fourth-order valence-corrected chi connectivity index (χ4v) is 3.77. The molecular formula is C18H21F4N3O2. The number of likely N-dealkylation sites (tertiary alicyclic amines) is 1. The first-order valence-electron chi connectivity index (χ1n) is 8.91. The van der Waals surface area contributed by atoms with Gasteiger partial charge in [-0.05, 0) is 43.5 Å². The number of piperidine rings is 1. The van der Waals surface area contributed by atoms with Crippen LogP contribution in [0, 0.1) is 5.82 Å². The molecule has 0 bridgehead atoms. The van der Waals surface area contributed by atoms with Crippen molar-refractivity contribution < 1.29 is 27.2 Å². The van der Waals surface area contributed by atoms with Gasteiger partial charge in [0.1, 0.15) is 5.82 Å². The minimum Gasteiger partial charge on any atom is -0.343 e. The SMILES string of the molecule is O=C(C1CCCN1)N1CCC(c2ccc(F)cc2)C(NC(=O)C(F)(F)F)C1. The van der Waals surface area contributed by atoms with Gasteiger partial charge in [-0.15, -0.1) is 0 Å². The zero-order valence-electron chi connectivity index (χ0n) is 14.6. The normalized spacial score (nSPS) is 26.1. The highest BCUT2D eigenvalue weighted by molar-refractivity contribution is 5.83. The summed E-state index contributed by atoms with van der Waals surface area (Å²) >= 11 is 0. The number of hydrogen-bond acceptors (Lipinski definition) is 3. The first-order chi connectivity index (χ1) is 12.8. The number of carbonyl (C=O) groups excluding carboxylic acids is 2. The summed E-state index contributed by atoms with van der Waals surface area (Å²) in [7, 11) is 0. The van der Waals surface area contributed by atoms with Crippen molar-refractivity contribution in [2.45, 2.75) is 43.4 Å². The van der Waals surface area contributed by atoms with E-state index in [1.807, 2.05) is 5.32 Å². The molecule has 2 N–H and O–H groups in total.